The molecule has 0 aromatic rings. The minimum Gasteiger partial charge on any atom is -0.353 e. The number of nitrogens with two attached hydrogens (primary N) is 1. The first-order chi connectivity index (χ1) is 6.30. The molecule has 0 amide bonds. The number of hydrogen-bond donors (Lipinski definition) is 3. The molecule has 1 aliphatic carbocycles. The molecule has 0 heterocycles. The van der Waals surface area contributed by atoms with E-state index in [9.17, 15) is 0 Å². The number of rotatable bonds is 2. The van der Waals surface area contributed by atoms with Gasteiger partial charge < -0.3 is 5.32 Å². The molecule has 76 valence electrons. The van der Waals surface area contributed by atoms with Gasteiger partial charge in [0.2, 0.25) is 5.96 Å². The van der Waals surface area contributed by atoms with Crippen molar-refractivity contribution in [1.82, 2.24) is 10.7 Å². The second-order valence-electron chi connectivity index (χ2n) is 3.23. The highest BCUT2D eigenvalue weighted by Gasteiger charge is 2.24. The lowest BCUT2D eigenvalue weighted by Gasteiger charge is -2.14. The van der Waals surface area contributed by atoms with Crippen LogP contribution in [0.4, 0.5) is 0 Å². The summed E-state index contributed by atoms with van der Waals surface area (Å²) in [5, 5.41) is 4.08. The average molecular weight is 202 g/mol. The number of guanidine groups is 1. The molecule has 1 aliphatic rings. The van der Waals surface area contributed by atoms with Crippen molar-refractivity contribution in [2.45, 2.75) is 30.6 Å². The highest BCUT2D eigenvalue weighted by molar-refractivity contribution is 7.99. The number of hydrazine groups is 1. The number of nitrogens with zero attached hydrogens (tertiary/aromatic N) is 1. The number of thioether (sulfide) groups is 1. The molecule has 4 nitrogen and oxygen atoms in total. The normalized spacial score (nSPS) is 29.0. The standard InChI is InChI=1S/C8H18N4S/c1-10-8(12-9)11-6-3-4-7(5-6)13-2/h6-7H,3-5,9H2,1-2H3,(H2,10,11,12). The van der Waals surface area contributed by atoms with Crippen molar-refractivity contribution in [2.24, 2.45) is 10.8 Å². The Morgan fingerprint density at radius 1 is 1.54 bits per heavy atom. The minimum atomic E-state index is 0.534. The van der Waals surface area contributed by atoms with Crippen LogP contribution in [0.5, 0.6) is 0 Å². The van der Waals surface area contributed by atoms with Crippen molar-refractivity contribution >= 4 is 17.7 Å². The molecule has 5 heteroatoms. The summed E-state index contributed by atoms with van der Waals surface area (Å²) in [5.74, 6) is 5.97. The molecule has 0 spiro atoms. The first-order valence-corrected chi connectivity index (χ1v) is 5.81. The predicted octanol–water partition coefficient (Wildman–Crippen LogP) is 0.309. The molecular formula is C8H18N4S. The smallest absolute Gasteiger partial charge is 0.205 e. The molecule has 4 N–H and O–H groups in total. The van der Waals surface area contributed by atoms with E-state index in [0.717, 1.165) is 5.25 Å². The van der Waals surface area contributed by atoms with E-state index in [1.165, 1.54) is 19.3 Å². The van der Waals surface area contributed by atoms with Crippen molar-refractivity contribution in [3.63, 3.8) is 0 Å². The molecule has 0 aromatic carbocycles. The summed E-state index contributed by atoms with van der Waals surface area (Å²) >= 11 is 1.95. The van der Waals surface area contributed by atoms with Crippen LogP contribution in [0.1, 0.15) is 19.3 Å². The molecule has 0 bridgehead atoms. The molecular weight excluding hydrogens is 184 g/mol. The Bertz CT molecular complexity index is 183. The second-order valence-corrected chi connectivity index (χ2v) is 4.37. The van der Waals surface area contributed by atoms with Crippen LogP contribution in [-0.2, 0) is 0 Å². The quantitative estimate of drug-likeness (QED) is 0.261. The molecule has 0 saturated heterocycles. The van der Waals surface area contributed by atoms with Gasteiger partial charge in [-0.05, 0) is 25.5 Å². The van der Waals surface area contributed by atoms with Crippen molar-refractivity contribution in [2.75, 3.05) is 13.3 Å². The first-order valence-electron chi connectivity index (χ1n) is 4.53. The SMILES string of the molecule is CN=C(NN)NC1CCC(SC)C1. The van der Waals surface area contributed by atoms with Crippen LogP contribution in [0.3, 0.4) is 0 Å². The fraction of sp³-hybridized carbons (Fsp3) is 0.875. The van der Waals surface area contributed by atoms with Crippen molar-refractivity contribution < 1.29 is 0 Å². The molecule has 1 saturated carbocycles. The van der Waals surface area contributed by atoms with Crippen LogP contribution in [0.15, 0.2) is 4.99 Å². The summed E-state index contributed by atoms with van der Waals surface area (Å²) in [6.07, 6.45) is 5.89. The number of nitrogens with one attached hydrogen (secondary N) is 2. The Morgan fingerprint density at radius 3 is 2.77 bits per heavy atom. The van der Waals surface area contributed by atoms with Crippen molar-refractivity contribution in [3.05, 3.63) is 0 Å². The third kappa shape index (κ3) is 3.08. The largest absolute Gasteiger partial charge is 0.353 e. The zero-order valence-electron chi connectivity index (χ0n) is 8.21. The van der Waals surface area contributed by atoms with Gasteiger partial charge in [0.05, 0.1) is 0 Å². The lowest BCUT2D eigenvalue weighted by Crippen LogP contribution is -2.45. The molecule has 1 rings (SSSR count). The van der Waals surface area contributed by atoms with Gasteiger partial charge in [0.25, 0.3) is 0 Å². The number of aliphatic imine (C=N–C) groups is 1. The van der Waals surface area contributed by atoms with E-state index in [1.807, 2.05) is 11.8 Å². The fourth-order valence-electron chi connectivity index (χ4n) is 1.65. The van der Waals surface area contributed by atoms with Gasteiger partial charge in [-0.15, -0.1) is 0 Å². The zero-order chi connectivity index (χ0) is 9.68. The zero-order valence-corrected chi connectivity index (χ0v) is 9.03. The highest BCUT2D eigenvalue weighted by Crippen LogP contribution is 2.27. The molecule has 0 aliphatic heterocycles. The summed E-state index contributed by atoms with van der Waals surface area (Å²) in [6, 6.07) is 0.534. The predicted molar refractivity (Wildman–Crippen MR) is 58.8 cm³/mol. The molecule has 1 fully saturated rings. The van der Waals surface area contributed by atoms with Crippen LogP contribution in [0.2, 0.25) is 0 Å². The van der Waals surface area contributed by atoms with Gasteiger partial charge in [-0.3, -0.25) is 10.4 Å². The molecule has 2 atom stereocenters. The lowest BCUT2D eigenvalue weighted by molar-refractivity contribution is 0.617. The Balaban J connectivity index is 2.31. The lowest BCUT2D eigenvalue weighted by atomic mass is 10.2. The van der Waals surface area contributed by atoms with E-state index >= 15 is 0 Å². The van der Waals surface area contributed by atoms with Crippen LogP contribution in [-0.4, -0.2) is 30.6 Å². The summed E-state index contributed by atoms with van der Waals surface area (Å²) in [6.45, 7) is 0. The average Bonchev–Trinajstić information content (AvgIpc) is 2.61. The van der Waals surface area contributed by atoms with Gasteiger partial charge in [0.15, 0.2) is 0 Å². The van der Waals surface area contributed by atoms with Crippen LogP contribution in [0, 0.1) is 0 Å². The van der Waals surface area contributed by atoms with Crippen LogP contribution < -0.4 is 16.6 Å². The Labute approximate surface area is 83.7 Å². The molecule has 0 aromatic heterocycles. The van der Waals surface area contributed by atoms with E-state index in [0.29, 0.717) is 12.0 Å². The second kappa shape index (κ2) is 5.34. The van der Waals surface area contributed by atoms with Crippen molar-refractivity contribution in [1.29, 1.82) is 0 Å². The maximum Gasteiger partial charge on any atom is 0.205 e. The highest BCUT2D eigenvalue weighted by atomic mass is 32.2. The molecule has 13 heavy (non-hydrogen) atoms. The Morgan fingerprint density at radius 2 is 2.31 bits per heavy atom. The summed E-state index contributed by atoms with van der Waals surface area (Å²) in [5.41, 5.74) is 2.54. The Hall–Kier alpha value is -0.420. The third-order valence-electron chi connectivity index (χ3n) is 2.42. The van der Waals surface area contributed by atoms with Gasteiger partial charge in [-0.2, -0.15) is 11.8 Å². The van der Waals surface area contributed by atoms with Gasteiger partial charge >= 0.3 is 0 Å². The Kier molecular flexibility index (Phi) is 4.38. The molecule has 2 unspecified atom stereocenters. The van der Waals surface area contributed by atoms with Gasteiger partial charge in [0, 0.05) is 18.3 Å². The third-order valence-corrected chi connectivity index (χ3v) is 3.51. The summed E-state index contributed by atoms with van der Waals surface area (Å²) < 4.78 is 0. The topological polar surface area (TPSA) is 62.4 Å². The molecule has 0 radical (unpaired) electrons. The van der Waals surface area contributed by atoms with Crippen molar-refractivity contribution in [3.8, 4) is 0 Å². The van der Waals surface area contributed by atoms with E-state index < -0.39 is 0 Å². The van der Waals surface area contributed by atoms with E-state index in [2.05, 4.69) is 22.0 Å². The number of hydrogen-bond acceptors (Lipinski definition) is 3. The van der Waals surface area contributed by atoms with Gasteiger partial charge in [-0.1, -0.05) is 0 Å². The van der Waals surface area contributed by atoms with Crippen LogP contribution >= 0.6 is 11.8 Å². The van der Waals surface area contributed by atoms with Gasteiger partial charge in [-0.25, -0.2) is 5.84 Å². The van der Waals surface area contributed by atoms with E-state index in [1.54, 1.807) is 7.05 Å². The summed E-state index contributed by atoms with van der Waals surface area (Å²) in [7, 11) is 1.73. The summed E-state index contributed by atoms with van der Waals surface area (Å²) in [4.78, 5) is 3.98. The van der Waals surface area contributed by atoms with E-state index in [4.69, 9.17) is 5.84 Å². The maximum atomic E-state index is 5.28. The van der Waals surface area contributed by atoms with Crippen LogP contribution in [0.25, 0.3) is 0 Å². The van der Waals surface area contributed by atoms with Gasteiger partial charge in [0.1, 0.15) is 0 Å². The minimum absolute atomic E-state index is 0.534. The van der Waals surface area contributed by atoms with E-state index in [-0.39, 0.29) is 0 Å². The monoisotopic (exact) mass is 202 g/mol. The maximum absolute atomic E-state index is 5.28. The first kappa shape index (κ1) is 10.7. The fourth-order valence-corrected chi connectivity index (χ4v) is 2.45.